The smallest absolute Gasteiger partial charge is 0.293 e. The van der Waals surface area contributed by atoms with Crippen molar-refractivity contribution < 1.29 is 9.72 Å². The number of nitro groups is 1. The van der Waals surface area contributed by atoms with Crippen LogP contribution in [0.4, 0.5) is 17.1 Å². The summed E-state index contributed by atoms with van der Waals surface area (Å²) in [5.74, 6) is -0.395. The molecule has 2 aromatic carbocycles. The van der Waals surface area contributed by atoms with Gasteiger partial charge in [-0.1, -0.05) is 11.6 Å². The lowest BCUT2D eigenvalue weighted by atomic mass is 10.1. The molecule has 27 heavy (non-hydrogen) atoms. The third kappa shape index (κ3) is 4.37. The van der Waals surface area contributed by atoms with E-state index >= 15 is 0 Å². The number of hydrogen-bond donors (Lipinski definition) is 1. The van der Waals surface area contributed by atoms with Crippen LogP contribution >= 0.6 is 11.6 Å². The maximum Gasteiger partial charge on any atom is 0.293 e. The number of nitrogens with zero attached hydrogens (tertiary/aromatic N) is 3. The average Bonchev–Trinajstić information content (AvgIpc) is 2.64. The number of amides is 1. The molecular weight excluding hydrogens is 368 g/mol. The van der Waals surface area contributed by atoms with E-state index in [1.165, 1.54) is 6.07 Å². The number of hydrogen-bond acceptors (Lipinski definition) is 5. The Kier molecular flexibility index (Phi) is 5.62. The van der Waals surface area contributed by atoms with Crippen molar-refractivity contribution in [1.29, 1.82) is 0 Å². The van der Waals surface area contributed by atoms with Crippen LogP contribution in [-0.2, 0) is 0 Å². The Morgan fingerprint density at radius 3 is 2.48 bits per heavy atom. The minimum atomic E-state index is -0.433. The highest BCUT2D eigenvalue weighted by Gasteiger charge is 2.24. The zero-order valence-electron chi connectivity index (χ0n) is 15.2. The zero-order valence-corrected chi connectivity index (χ0v) is 16.0. The van der Waals surface area contributed by atoms with E-state index in [1.807, 2.05) is 18.9 Å². The Hall–Kier alpha value is -2.64. The van der Waals surface area contributed by atoms with Gasteiger partial charge in [-0.15, -0.1) is 0 Å². The van der Waals surface area contributed by atoms with Gasteiger partial charge < -0.3 is 15.1 Å². The number of nitro benzene ring substituents is 1. The number of nitrogens with one attached hydrogen (secondary N) is 1. The van der Waals surface area contributed by atoms with Crippen LogP contribution in [0.3, 0.4) is 0 Å². The van der Waals surface area contributed by atoms with Crippen molar-refractivity contribution in [2.45, 2.75) is 6.92 Å². The van der Waals surface area contributed by atoms with E-state index in [0.717, 1.165) is 18.7 Å². The van der Waals surface area contributed by atoms with Crippen molar-refractivity contribution in [3.63, 3.8) is 0 Å². The summed E-state index contributed by atoms with van der Waals surface area (Å²) < 4.78 is 0. The third-order valence-electron chi connectivity index (χ3n) is 4.71. The van der Waals surface area contributed by atoms with Crippen LogP contribution in [0, 0.1) is 17.0 Å². The molecule has 0 unspecified atom stereocenters. The molecule has 0 atom stereocenters. The highest BCUT2D eigenvalue weighted by Crippen LogP contribution is 2.30. The predicted molar refractivity (Wildman–Crippen MR) is 107 cm³/mol. The number of carbonyl (C=O) groups is 1. The second-order valence-corrected chi connectivity index (χ2v) is 7.10. The minimum Gasteiger partial charge on any atom is -0.363 e. The van der Waals surface area contributed by atoms with Gasteiger partial charge in [0.15, 0.2) is 0 Å². The average molecular weight is 389 g/mol. The van der Waals surface area contributed by atoms with Crippen molar-refractivity contribution in [3.8, 4) is 0 Å². The molecule has 1 heterocycles. The van der Waals surface area contributed by atoms with Crippen molar-refractivity contribution in [2.24, 2.45) is 0 Å². The third-order valence-corrected chi connectivity index (χ3v) is 4.95. The van der Waals surface area contributed by atoms with Gasteiger partial charge in [-0.2, -0.15) is 0 Å². The number of likely N-dealkylation sites (N-methyl/N-ethyl adjacent to an activating group) is 1. The second kappa shape index (κ2) is 7.94. The molecule has 0 saturated carbocycles. The molecule has 1 aliphatic rings. The Balaban J connectivity index is 1.85. The lowest BCUT2D eigenvalue weighted by Gasteiger charge is -2.33. The summed E-state index contributed by atoms with van der Waals surface area (Å²) in [6.45, 7) is 4.95. The first-order valence-corrected chi connectivity index (χ1v) is 9.02. The summed E-state index contributed by atoms with van der Waals surface area (Å²) in [6.07, 6.45) is 0. The number of halogens is 1. The first-order chi connectivity index (χ1) is 12.8. The van der Waals surface area contributed by atoms with Crippen LogP contribution in [0.2, 0.25) is 5.02 Å². The van der Waals surface area contributed by atoms with Crippen molar-refractivity contribution >= 4 is 34.6 Å². The molecule has 1 amide bonds. The van der Waals surface area contributed by atoms with Crippen LogP contribution in [0.5, 0.6) is 0 Å². The first-order valence-electron chi connectivity index (χ1n) is 8.64. The fourth-order valence-electron chi connectivity index (χ4n) is 3.09. The molecule has 142 valence electrons. The van der Waals surface area contributed by atoms with Gasteiger partial charge in [0.25, 0.3) is 11.6 Å². The summed E-state index contributed by atoms with van der Waals surface area (Å²) in [7, 11) is 2.03. The molecule has 1 N–H and O–H groups in total. The molecule has 3 rings (SSSR count). The van der Waals surface area contributed by atoms with E-state index in [-0.39, 0.29) is 11.3 Å². The predicted octanol–water partition coefficient (Wildman–Crippen LogP) is 3.56. The standard InChI is InChI=1S/C19H21ClN4O3/c1-13-11-15(20)4-5-16(13)21-19(25)14-3-6-17(18(12-14)24(26)27)23-9-7-22(2)8-10-23/h3-6,11-12H,7-10H2,1-2H3,(H,21,25). The van der Waals surface area contributed by atoms with Gasteiger partial charge in [0, 0.05) is 48.5 Å². The molecule has 2 aromatic rings. The SMILES string of the molecule is Cc1cc(Cl)ccc1NC(=O)c1ccc(N2CCN(C)CC2)c([N+](=O)[O-])c1. The van der Waals surface area contributed by atoms with Crippen LogP contribution in [-0.4, -0.2) is 49.0 Å². The number of aryl methyl sites for hydroxylation is 1. The Labute approximate surface area is 162 Å². The molecule has 0 aliphatic carbocycles. The van der Waals surface area contributed by atoms with Crippen LogP contribution in [0.1, 0.15) is 15.9 Å². The van der Waals surface area contributed by atoms with Crippen molar-refractivity contribution in [2.75, 3.05) is 43.4 Å². The van der Waals surface area contributed by atoms with Crippen LogP contribution in [0.15, 0.2) is 36.4 Å². The molecular formula is C19H21ClN4O3. The van der Waals surface area contributed by atoms with E-state index in [2.05, 4.69) is 10.2 Å². The lowest BCUT2D eigenvalue weighted by Crippen LogP contribution is -2.44. The molecule has 0 aromatic heterocycles. The summed E-state index contributed by atoms with van der Waals surface area (Å²) >= 11 is 5.93. The fourth-order valence-corrected chi connectivity index (χ4v) is 3.31. The first kappa shape index (κ1) is 19.1. The summed E-state index contributed by atoms with van der Waals surface area (Å²) in [5.41, 5.74) is 2.18. The lowest BCUT2D eigenvalue weighted by molar-refractivity contribution is -0.384. The topological polar surface area (TPSA) is 78.7 Å². The van der Waals surface area contributed by atoms with Gasteiger partial charge in [0.1, 0.15) is 5.69 Å². The summed E-state index contributed by atoms with van der Waals surface area (Å²) in [5, 5.41) is 14.9. The quantitative estimate of drug-likeness (QED) is 0.640. The summed E-state index contributed by atoms with van der Waals surface area (Å²) in [6, 6.07) is 9.77. The molecule has 0 radical (unpaired) electrons. The van der Waals surface area contributed by atoms with Gasteiger partial charge in [-0.3, -0.25) is 14.9 Å². The Morgan fingerprint density at radius 1 is 1.15 bits per heavy atom. The zero-order chi connectivity index (χ0) is 19.6. The van der Waals surface area contributed by atoms with E-state index in [1.54, 1.807) is 30.3 Å². The van der Waals surface area contributed by atoms with Gasteiger partial charge in [0.2, 0.25) is 0 Å². The molecule has 1 aliphatic heterocycles. The van der Waals surface area contributed by atoms with Crippen molar-refractivity contribution in [3.05, 3.63) is 62.7 Å². The Bertz CT molecular complexity index is 879. The highest BCUT2D eigenvalue weighted by molar-refractivity contribution is 6.30. The minimum absolute atomic E-state index is 0.0555. The summed E-state index contributed by atoms with van der Waals surface area (Å²) in [4.78, 5) is 27.9. The molecule has 0 spiro atoms. The fraction of sp³-hybridized carbons (Fsp3) is 0.316. The maximum atomic E-state index is 12.6. The highest BCUT2D eigenvalue weighted by atomic mass is 35.5. The van der Waals surface area contributed by atoms with E-state index in [4.69, 9.17) is 11.6 Å². The monoisotopic (exact) mass is 388 g/mol. The number of anilines is 2. The molecule has 8 heteroatoms. The van der Waals surface area contributed by atoms with Gasteiger partial charge in [-0.25, -0.2) is 0 Å². The van der Waals surface area contributed by atoms with Gasteiger partial charge in [0.05, 0.1) is 4.92 Å². The van der Waals surface area contributed by atoms with Gasteiger partial charge in [-0.05, 0) is 49.9 Å². The number of benzene rings is 2. The molecule has 1 saturated heterocycles. The molecule has 7 nitrogen and oxygen atoms in total. The largest absolute Gasteiger partial charge is 0.363 e. The number of carbonyl (C=O) groups excluding carboxylic acids is 1. The van der Waals surface area contributed by atoms with Crippen molar-refractivity contribution in [1.82, 2.24) is 4.90 Å². The van der Waals surface area contributed by atoms with E-state index in [9.17, 15) is 14.9 Å². The second-order valence-electron chi connectivity index (χ2n) is 6.66. The number of rotatable bonds is 4. The van der Waals surface area contributed by atoms with E-state index in [0.29, 0.717) is 29.5 Å². The van der Waals surface area contributed by atoms with E-state index < -0.39 is 10.8 Å². The normalized spacial score (nSPS) is 14.9. The van der Waals surface area contributed by atoms with Gasteiger partial charge >= 0.3 is 0 Å². The maximum absolute atomic E-state index is 12.6. The Morgan fingerprint density at radius 2 is 1.85 bits per heavy atom. The molecule has 1 fully saturated rings. The number of piperazine rings is 1. The van der Waals surface area contributed by atoms with Crippen LogP contribution in [0.25, 0.3) is 0 Å². The van der Waals surface area contributed by atoms with Crippen LogP contribution < -0.4 is 10.2 Å². The molecule has 0 bridgehead atoms.